The SMILES string of the molecule is CC1C(C#N)[C@H](c2ccc(C#N)cc2[N+](=O)[O-])N(C)C(=O)N1c1cccc(C(F)(F)F)c1. The Balaban J connectivity index is 2.11. The lowest BCUT2D eigenvalue weighted by Crippen LogP contribution is -2.58. The lowest BCUT2D eigenvalue weighted by Gasteiger charge is -2.46. The van der Waals surface area contributed by atoms with Crippen molar-refractivity contribution in [3.05, 3.63) is 69.3 Å². The van der Waals surface area contributed by atoms with Crippen molar-refractivity contribution in [3.8, 4) is 12.1 Å². The van der Waals surface area contributed by atoms with E-state index in [0.717, 1.165) is 34.1 Å². The smallest absolute Gasteiger partial charge is 0.319 e. The molecule has 1 aliphatic heterocycles. The summed E-state index contributed by atoms with van der Waals surface area (Å²) in [6.07, 6.45) is -4.62. The molecule has 1 saturated heterocycles. The third-order valence-corrected chi connectivity index (χ3v) is 5.47. The molecule has 0 N–H and O–H groups in total. The van der Waals surface area contributed by atoms with Gasteiger partial charge in [0.1, 0.15) is 0 Å². The van der Waals surface area contributed by atoms with Gasteiger partial charge in [-0.25, -0.2) is 4.79 Å². The predicted molar refractivity (Wildman–Crippen MR) is 106 cm³/mol. The lowest BCUT2D eigenvalue weighted by atomic mass is 9.83. The molecule has 8 nitrogen and oxygen atoms in total. The molecule has 0 spiro atoms. The van der Waals surface area contributed by atoms with Crippen LogP contribution in [0.5, 0.6) is 0 Å². The largest absolute Gasteiger partial charge is 0.416 e. The van der Waals surface area contributed by atoms with E-state index in [4.69, 9.17) is 5.26 Å². The summed E-state index contributed by atoms with van der Waals surface area (Å²) in [5.41, 5.74) is -1.31. The number of anilines is 1. The van der Waals surface area contributed by atoms with E-state index in [1.807, 2.05) is 6.07 Å². The summed E-state index contributed by atoms with van der Waals surface area (Å²) in [6.45, 7) is 1.50. The van der Waals surface area contributed by atoms with Crippen molar-refractivity contribution >= 4 is 17.4 Å². The monoisotopic (exact) mass is 443 g/mol. The number of halogens is 3. The molecule has 1 heterocycles. The van der Waals surface area contributed by atoms with E-state index in [1.165, 1.54) is 32.2 Å². The van der Waals surface area contributed by atoms with Crippen LogP contribution in [0.4, 0.5) is 29.3 Å². The number of nitriles is 2. The number of nitrogens with zero attached hydrogens (tertiary/aromatic N) is 5. The molecule has 0 bridgehead atoms. The van der Waals surface area contributed by atoms with Crippen molar-refractivity contribution in [1.82, 2.24) is 4.90 Å². The van der Waals surface area contributed by atoms with Crippen molar-refractivity contribution in [2.75, 3.05) is 11.9 Å². The van der Waals surface area contributed by atoms with Crippen LogP contribution in [-0.4, -0.2) is 28.9 Å². The first-order valence-electron chi connectivity index (χ1n) is 9.32. The van der Waals surface area contributed by atoms with Crippen LogP contribution in [0.3, 0.4) is 0 Å². The van der Waals surface area contributed by atoms with Gasteiger partial charge in [0.05, 0.1) is 51.8 Å². The molecule has 11 heteroatoms. The molecule has 2 unspecified atom stereocenters. The molecule has 0 aromatic heterocycles. The van der Waals surface area contributed by atoms with Gasteiger partial charge in [0.15, 0.2) is 0 Å². The molecule has 0 radical (unpaired) electrons. The number of rotatable bonds is 3. The molecule has 3 atom stereocenters. The number of carbonyl (C=O) groups excluding carboxylic acids is 1. The van der Waals surface area contributed by atoms with Crippen LogP contribution >= 0.6 is 0 Å². The standard InChI is InChI=1S/C21H16F3N5O3/c1-12-17(11-26)19(16-7-6-13(10-25)8-18(16)29(31)32)27(2)20(30)28(12)15-5-3-4-14(9-15)21(22,23)24/h3-9,12,17,19H,1-2H3/t12?,17?,19-/m0/s1. The fourth-order valence-corrected chi connectivity index (χ4v) is 3.91. The first kappa shape index (κ1) is 22.6. The molecule has 1 fully saturated rings. The van der Waals surface area contributed by atoms with Gasteiger partial charge in [0, 0.05) is 18.8 Å². The quantitative estimate of drug-likeness (QED) is 0.507. The highest BCUT2D eigenvalue weighted by molar-refractivity contribution is 5.94. The maximum absolute atomic E-state index is 13.2. The number of carbonyl (C=O) groups is 1. The Kier molecular flexibility index (Phi) is 5.78. The molecule has 0 aliphatic carbocycles. The van der Waals surface area contributed by atoms with Crippen LogP contribution in [0.2, 0.25) is 0 Å². The van der Waals surface area contributed by atoms with Gasteiger partial charge in [0.2, 0.25) is 0 Å². The van der Waals surface area contributed by atoms with E-state index in [1.54, 1.807) is 6.07 Å². The number of amides is 2. The van der Waals surface area contributed by atoms with E-state index in [0.29, 0.717) is 0 Å². The highest BCUT2D eigenvalue weighted by Gasteiger charge is 2.47. The van der Waals surface area contributed by atoms with E-state index in [2.05, 4.69) is 0 Å². The first-order chi connectivity index (χ1) is 15.0. The van der Waals surface area contributed by atoms with Crippen molar-refractivity contribution in [3.63, 3.8) is 0 Å². The average Bonchev–Trinajstić information content (AvgIpc) is 2.75. The minimum absolute atomic E-state index is 0.0392. The summed E-state index contributed by atoms with van der Waals surface area (Å²) in [5, 5.41) is 30.5. The minimum Gasteiger partial charge on any atom is -0.319 e. The number of nitro benzene ring substituents is 1. The summed E-state index contributed by atoms with van der Waals surface area (Å²) in [5.74, 6) is -1.01. The zero-order valence-corrected chi connectivity index (χ0v) is 16.9. The van der Waals surface area contributed by atoms with Crippen LogP contribution in [0.1, 0.15) is 29.7 Å². The van der Waals surface area contributed by atoms with E-state index >= 15 is 0 Å². The molecule has 2 amide bonds. The predicted octanol–water partition coefficient (Wildman–Crippen LogP) is 4.63. The highest BCUT2D eigenvalue weighted by Crippen LogP contribution is 2.43. The van der Waals surface area contributed by atoms with Gasteiger partial charge < -0.3 is 4.90 Å². The summed E-state index contributed by atoms with van der Waals surface area (Å²) in [6, 6.07) is 9.11. The molecule has 2 aromatic rings. The molecule has 164 valence electrons. The summed E-state index contributed by atoms with van der Waals surface area (Å²) in [7, 11) is 1.33. The van der Waals surface area contributed by atoms with Crippen molar-refractivity contribution in [1.29, 1.82) is 10.5 Å². The second kappa shape index (κ2) is 8.19. The molecule has 3 rings (SSSR count). The highest BCUT2D eigenvalue weighted by atomic mass is 19.4. The number of hydrogen-bond donors (Lipinski definition) is 0. The van der Waals surface area contributed by atoms with Gasteiger partial charge in [-0.05, 0) is 37.3 Å². The van der Waals surface area contributed by atoms with Crippen molar-refractivity contribution < 1.29 is 22.9 Å². The Morgan fingerprint density at radius 3 is 2.41 bits per heavy atom. The normalized spacial score (nSPS) is 21.1. The van der Waals surface area contributed by atoms with Crippen molar-refractivity contribution in [2.45, 2.75) is 25.2 Å². The maximum atomic E-state index is 13.2. The van der Waals surface area contributed by atoms with Crippen LogP contribution in [0.25, 0.3) is 0 Å². The number of alkyl halides is 3. The van der Waals surface area contributed by atoms with E-state index in [9.17, 15) is 33.3 Å². The van der Waals surface area contributed by atoms with Crippen LogP contribution in [0, 0.1) is 38.7 Å². The topological polar surface area (TPSA) is 114 Å². The third-order valence-electron chi connectivity index (χ3n) is 5.47. The lowest BCUT2D eigenvalue weighted by molar-refractivity contribution is -0.386. The Bertz CT molecular complexity index is 1170. The summed E-state index contributed by atoms with van der Waals surface area (Å²) in [4.78, 5) is 26.3. The maximum Gasteiger partial charge on any atom is 0.416 e. The van der Waals surface area contributed by atoms with E-state index < -0.39 is 46.4 Å². The fourth-order valence-electron chi connectivity index (χ4n) is 3.91. The fraction of sp³-hybridized carbons (Fsp3) is 0.286. The molecular weight excluding hydrogens is 427 g/mol. The second-order valence-electron chi connectivity index (χ2n) is 7.29. The summed E-state index contributed by atoms with van der Waals surface area (Å²) >= 11 is 0. The number of urea groups is 1. The molecule has 2 aromatic carbocycles. The zero-order valence-electron chi connectivity index (χ0n) is 16.9. The number of benzene rings is 2. The van der Waals surface area contributed by atoms with Gasteiger partial charge >= 0.3 is 12.2 Å². The second-order valence-corrected chi connectivity index (χ2v) is 7.29. The Morgan fingerprint density at radius 1 is 1.16 bits per heavy atom. The van der Waals surface area contributed by atoms with E-state index in [-0.39, 0.29) is 16.8 Å². The van der Waals surface area contributed by atoms with Crippen LogP contribution in [0.15, 0.2) is 42.5 Å². The molecule has 0 saturated carbocycles. The number of hydrogen-bond acceptors (Lipinski definition) is 5. The third kappa shape index (κ3) is 3.81. The zero-order chi connectivity index (χ0) is 23.8. The van der Waals surface area contributed by atoms with Gasteiger partial charge in [-0.15, -0.1) is 0 Å². The average molecular weight is 443 g/mol. The summed E-state index contributed by atoms with van der Waals surface area (Å²) < 4.78 is 39.5. The first-order valence-corrected chi connectivity index (χ1v) is 9.32. The minimum atomic E-state index is -4.62. The Labute approximate surface area is 180 Å². The van der Waals surface area contributed by atoms with Gasteiger partial charge in [-0.3, -0.25) is 15.0 Å². The molecule has 1 aliphatic rings. The Hall–Kier alpha value is -4.12. The number of nitro groups is 1. The van der Waals surface area contributed by atoms with Crippen LogP contribution in [-0.2, 0) is 6.18 Å². The van der Waals surface area contributed by atoms with Crippen LogP contribution < -0.4 is 4.90 Å². The molecular formula is C21H16F3N5O3. The molecule has 32 heavy (non-hydrogen) atoms. The van der Waals surface area contributed by atoms with Gasteiger partial charge in [-0.1, -0.05) is 6.07 Å². The van der Waals surface area contributed by atoms with Gasteiger partial charge in [0.25, 0.3) is 5.69 Å². The van der Waals surface area contributed by atoms with Gasteiger partial charge in [-0.2, -0.15) is 23.7 Å². The Morgan fingerprint density at radius 2 is 1.84 bits per heavy atom. The van der Waals surface area contributed by atoms with Crippen molar-refractivity contribution in [2.24, 2.45) is 5.92 Å².